The Hall–Kier alpha value is -1.06. The van der Waals surface area contributed by atoms with Gasteiger partial charge in [0.1, 0.15) is 6.10 Å². The van der Waals surface area contributed by atoms with Crippen molar-refractivity contribution in [2.75, 3.05) is 0 Å². The van der Waals surface area contributed by atoms with Crippen LogP contribution in [0.25, 0.3) is 0 Å². The third-order valence-corrected chi connectivity index (χ3v) is 3.84. The van der Waals surface area contributed by atoms with E-state index in [1.807, 2.05) is 20.8 Å². The number of carboxylic acid groups (broad SMARTS) is 1. The van der Waals surface area contributed by atoms with Gasteiger partial charge in [0.05, 0.1) is 0 Å². The van der Waals surface area contributed by atoms with E-state index < -0.39 is 22.8 Å². The summed E-state index contributed by atoms with van der Waals surface area (Å²) in [5.41, 5.74) is -2.48. The molecule has 0 aromatic heterocycles. The molecular formula is C14H26O4. The highest BCUT2D eigenvalue weighted by molar-refractivity contribution is 5.99. The quantitative estimate of drug-likeness (QED) is 0.624. The number of carbonyl (C=O) groups is 2. The predicted molar refractivity (Wildman–Crippen MR) is 70.2 cm³/mol. The van der Waals surface area contributed by atoms with Gasteiger partial charge < -0.3 is 9.84 Å². The number of esters is 1. The Morgan fingerprint density at radius 2 is 1.39 bits per heavy atom. The van der Waals surface area contributed by atoms with Gasteiger partial charge in [-0.05, 0) is 24.7 Å². The molecule has 2 atom stereocenters. The number of hydrogen-bond acceptors (Lipinski definition) is 3. The molecule has 0 saturated heterocycles. The first-order valence-corrected chi connectivity index (χ1v) is 6.19. The molecule has 0 saturated carbocycles. The Morgan fingerprint density at radius 3 is 1.61 bits per heavy atom. The molecule has 0 spiro atoms. The van der Waals surface area contributed by atoms with Crippen LogP contribution in [0.15, 0.2) is 0 Å². The monoisotopic (exact) mass is 258 g/mol. The van der Waals surface area contributed by atoms with Crippen molar-refractivity contribution >= 4 is 11.9 Å². The lowest BCUT2D eigenvalue weighted by atomic mass is 9.68. The molecule has 0 aliphatic rings. The number of ether oxygens (including phenoxy) is 1. The van der Waals surface area contributed by atoms with E-state index in [2.05, 4.69) is 0 Å². The summed E-state index contributed by atoms with van der Waals surface area (Å²) >= 11 is 0. The second kappa shape index (κ2) is 4.90. The van der Waals surface area contributed by atoms with Gasteiger partial charge in [0, 0.05) is 0 Å². The largest absolute Gasteiger partial charge is 0.480 e. The van der Waals surface area contributed by atoms with Crippen LogP contribution in [0.2, 0.25) is 0 Å². The Labute approximate surface area is 110 Å². The summed E-state index contributed by atoms with van der Waals surface area (Å²) in [6, 6.07) is 0. The molecule has 1 N–H and O–H groups in total. The summed E-state index contributed by atoms with van der Waals surface area (Å²) in [6.07, 6.45) is -0.342. The van der Waals surface area contributed by atoms with E-state index >= 15 is 0 Å². The molecule has 2 unspecified atom stereocenters. The lowest BCUT2D eigenvalue weighted by Gasteiger charge is -2.38. The Kier molecular flexibility index (Phi) is 4.61. The number of carboxylic acids is 1. The van der Waals surface area contributed by atoms with Crippen molar-refractivity contribution in [2.45, 2.75) is 61.5 Å². The molecule has 4 nitrogen and oxygen atoms in total. The lowest BCUT2D eigenvalue weighted by Crippen LogP contribution is -2.49. The van der Waals surface area contributed by atoms with Crippen LogP contribution in [0.5, 0.6) is 0 Å². The van der Waals surface area contributed by atoms with E-state index in [0.29, 0.717) is 0 Å². The van der Waals surface area contributed by atoms with E-state index in [-0.39, 0.29) is 11.5 Å². The van der Waals surface area contributed by atoms with Gasteiger partial charge in [-0.15, -0.1) is 0 Å². The van der Waals surface area contributed by atoms with Crippen molar-refractivity contribution in [2.24, 2.45) is 16.2 Å². The maximum absolute atomic E-state index is 12.2. The number of aliphatic carboxylic acids is 1. The number of carbonyl (C=O) groups excluding carboxylic acids is 1. The van der Waals surface area contributed by atoms with Gasteiger partial charge in [-0.25, -0.2) is 0 Å². The van der Waals surface area contributed by atoms with Crippen molar-refractivity contribution in [3.63, 3.8) is 0 Å². The van der Waals surface area contributed by atoms with E-state index in [1.54, 1.807) is 27.7 Å². The first-order chi connectivity index (χ1) is 7.74. The third-order valence-electron chi connectivity index (χ3n) is 3.84. The molecule has 4 heteroatoms. The molecule has 0 fully saturated rings. The van der Waals surface area contributed by atoms with Crippen LogP contribution in [0, 0.1) is 16.2 Å². The van der Waals surface area contributed by atoms with Crippen molar-refractivity contribution in [3.05, 3.63) is 0 Å². The predicted octanol–water partition coefficient (Wildman–Crippen LogP) is 3.10. The molecule has 18 heavy (non-hydrogen) atoms. The van der Waals surface area contributed by atoms with Crippen molar-refractivity contribution < 1.29 is 19.4 Å². The molecule has 0 aromatic carbocycles. The SMILES string of the molecule is CC(OC(=O)C(C)(C(=O)O)C(C)(C)C)C(C)(C)C. The summed E-state index contributed by atoms with van der Waals surface area (Å²) < 4.78 is 5.35. The number of rotatable bonds is 3. The second-order valence-electron chi connectivity index (χ2n) is 7.09. The fraction of sp³-hybridized carbons (Fsp3) is 0.857. The summed E-state index contributed by atoms with van der Waals surface area (Å²) in [6.45, 7) is 14.2. The zero-order valence-corrected chi connectivity index (χ0v) is 12.7. The Bertz CT molecular complexity index is 333. The fourth-order valence-corrected chi connectivity index (χ4v) is 1.17. The molecular weight excluding hydrogens is 232 g/mol. The van der Waals surface area contributed by atoms with Crippen LogP contribution < -0.4 is 0 Å². The topological polar surface area (TPSA) is 63.6 Å². The van der Waals surface area contributed by atoms with E-state index in [4.69, 9.17) is 4.74 Å². The highest BCUT2D eigenvalue weighted by atomic mass is 16.5. The third kappa shape index (κ3) is 3.24. The van der Waals surface area contributed by atoms with Gasteiger partial charge in [0.25, 0.3) is 0 Å². The number of hydrogen-bond donors (Lipinski definition) is 1. The first-order valence-electron chi connectivity index (χ1n) is 6.19. The van der Waals surface area contributed by atoms with E-state index in [9.17, 15) is 14.7 Å². The molecule has 0 rings (SSSR count). The summed E-state index contributed by atoms with van der Waals surface area (Å²) in [4.78, 5) is 23.6. The Morgan fingerprint density at radius 1 is 1.00 bits per heavy atom. The standard InChI is InChI=1S/C14H26O4/c1-9(12(2,3)4)18-11(17)14(8,10(15)16)13(5,6)7/h9H,1-8H3,(H,15,16). The van der Waals surface area contributed by atoms with E-state index in [1.165, 1.54) is 6.92 Å². The molecule has 0 aliphatic heterocycles. The van der Waals surface area contributed by atoms with Crippen molar-refractivity contribution in [1.29, 1.82) is 0 Å². The molecule has 0 heterocycles. The van der Waals surface area contributed by atoms with Crippen LogP contribution in [0.3, 0.4) is 0 Å². The fourth-order valence-electron chi connectivity index (χ4n) is 1.17. The highest BCUT2D eigenvalue weighted by Crippen LogP contribution is 2.40. The molecule has 0 amide bonds. The highest BCUT2D eigenvalue weighted by Gasteiger charge is 2.53. The minimum Gasteiger partial charge on any atom is -0.480 e. The van der Waals surface area contributed by atoms with Crippen LogP contribution >= 0.6 is 0 Å². The molecule has 106 valence electrons. The van der Waals surface area contributed by atoms with Crippen LogP contribution in [-0.2, 0) is 14.3 Å². The van der Waals surface area contributed by atoms with Gasteiger partial charge in [0.15, 0.2) is 5.41 Å². The van der Waals surface area contributed by atoms with E-state index in [0.717, 1.165) is 0 Å². The molecule has 0 bridgehead atoms. The maximum Gasteiger partial charge on any atom is 0.324 e. The average molecular weight is 258 g/mol. The maximum atomic E-state index is 12.2. The lowest BCUT2D eigenvalue weighted by molar-refractivity contribution is -0.182. The average Bonchev–Trinajstić information content (AvgIpc) is 2.12. The Balaban J connectivity index is 5.22. The second-order valence-corrected chi connectivity index (χ2v) is 7.09. The smallest absolute Gasteiger partial charge is 0.324 e. The molecule has 0 aliphatic carbocycles. The van der Waals surface area contributed by atoms with Gasteiger partial charge >= 0.3 is 11.9 Å². The van der Waals surface area contributed by atoms with Crippen LogP contribution in [0.1, 0.15) is 55.4 Å². The van der Waals surface area contributed by atoms with Crippen LogP contribution in [0.4, 0.5) is 0 Å². The summed E-state index contributed by atoms with van der Waals surface area (Å²) in [5.74, 6) is -1.83. The minimum atomic E-state index is -1.55. The van der Waals surface area contributed by atoms with Gasteiger partial charge in [-0.1, -0.05) is 41.5 Å². The first kappa shape index (κ1) is 16.9. The molecule has 0 aromatic rings. The summed E-state index contributed by atoms with van der Waals surface area (Å²) in [5, 5.41) is 9.35. The van der Waals surface area contributed by atoms with Gasteiger partial charge in [-0.2, -0.15) is 0 Å². The van der Waals surface area contributed by atoms with Gasteiger partial charge in [-0.3, -0.25) is 9.59 Å². The zero-order valence-electron chi connectivity index (χ0n) is 12.7. The van der Waals surface area contributed by atoms with Crippen molar-refractivity contribution in [3.8, 4) is 0 Å². The summed E-state index contributed by atoms with van der Waals surface area (Å²) in [7, 11) is 0. The normalized spacial score (nSPS) is 17.8. The minimum absolute atomic E-state index is 0.215. The van der Waals surface area contributed by atoms with Gasteiger partial charge in [0.2, 0.25) is 0 Å². The zero-order chi connectivity index (χ0) is 14.9. The molecule has 0 radical (unpaired) electrons. The van der Waals surface area contributed by atoms with Crippen molar-refractivity contribution in [1.82, 2.24) is 0 Å². The van der Waals surface area contributed by atoms with Crippen LogP contribution in [-0.4, -0.2) is 23.1 Å².